The Bertz CT molecular complexity index is 917. The molecule has 0 amide bonds. The standard InChI is InChI=1S/C24H28N4O/c25-22-9-8-18(15-21(22)23-7-1-2-12-27-23)17-28-13-4-6-19(10-14-28)24(29)20-5-3-11-26-16-20/h1-3,5,7-9,11-12,15-16,19,24,29H,4,6,10,13-14,17,25H2. The molecule has 1 aromatic carbocycles. The fraction of sp³-hybridized carbons (Fsp3) is 0.333. The van der Waals surface area contributed by atoms with E-state index in [0.717, 1.165) is 61.4 Å². The summed E-state index contributed by atoms with van der Waals surface area (Å²) in [6, 6.07) is 16.0. The molecule has 2 aromatic heterocycles. The van der Waals surface area contributed by atoms with Crippen molar-refractivity contribution in [2.24, 2.45) is 5.92 Å². The molecule has 0 radical (unpaired) electrons. The van der Waals surface area contributed by atoms with Gasteiger partial charge in [-0.1, -0.05) is 18.2 Å². The van der Waals surface area contributed by atoms with Crippen molar-refractivity contribution in [2.45, 2.75) is 31.9 Å². The third kappa shape index (κ3) is 4.81. The highest BCUT2D eigenvalue weighted by Crippen LogP contribution is 2.31. The Hall–Kier alpha value is -2.76. The largest absolute Gasteiger partial charge is 0.398 e. The van der Waals surface area contributed by atoms with Crippen molar-refractivity contribution in [2.75, 3.05) is 18.8 Å². The maximum Gasteiger partial charge on any atom is 0.0833 e. The Labute approximate surface area is 172 Å². The quantitative estimate of drug-likeness (QED) is 0.645. The summed E-state index contributed by atoms with van der Waals surface area (Å²) in [4.78, 5) is 11.1. The molecule has 1 fully saturated rings. The van der Waals surface area contributed by atoms with Crippen LogP contribution in [0.25, 0.3) is 11.3 Å². The zero-order chi connectivity index (χ0) is 20.1. The minimum Gasteiger partial charge on any atom is -0.398 e. The van der Waals surface area contributed by atoms with Crippen LogP contribution >= 0.6 is 0 Å². The van der Waals surface area contributed by atoms with Crippen LogP contribution in [0.2, 0.25) is 0 Å². The average molecular weight is 389 g/mol. The van der Waals surface area contributed by atoms with Gasteiger partial charge in [-0.15, -0.1) is 0 Å². The highest BCUT2D eigenvalue weighted by Gasteiger charge is 2.24. The lowest BCUT2D eigenvalue weighted by atomic mass is 9.90. The molecule has 2 atom stereocenters. The number of benzene rings is 1. The van der Waals surface area contributed by atoms with Gasteiger partial charge >= 0.3 is 0 Å². The number of aliphatic hydroxyl groups excluding tert-OH is 1. The zero-order valence-corrected chi connectivity index (χ0v) is 16.6. The molecule has 0 saturated carbocycles. The second kappa shape index (κ2) is 9.16. The predicted octanol–water partition coefficient (Wildman–Crippen LogP) is 4.06. The molecule has 5 heteroatoms. The van der Waals surface area contributed by atoms with Crippen molar-refractivity contribution in [3.8, 4) is 11.3 Å². The molecule has 2 unspecified atom stereocenters. The molecule has 0 aliphatic carbocycles. The van der Waals surface area contributed by atoms with Gasteiger partial charge in [-0.25, -0.2) is 0 Å². The van der Waals surface area contributed by atoms with Crippen molar-refractivity contribution in [3.05, 3.63) is 78.2 Å². The number of likely N-dealkylation sites (tertiary alicyclic amines) is 1. The van der Waals surface area contributed by atoms with E-state index in [2.05, 4.69) is 27.0 Å². The number of nitrogens with zero attached hydrogens (tertiary/aromatic N) is 3. The molecule has 3 aromatic rings. The average Bonchev–Trinajstić information content (AvgIpc) is 3.01. The predicted molar refractivity (Wildman–Crippen MR) is 116 cm³/mol. The third-order valence-electron chi connectivity index (χ3n) is 5.80. The van der Waals surface area contributed by atoms with Gasteiger partial charge in [0.25, 0.3) is 0 Å². The molecule has 1 saturated heterocycles. The van der Waals surface area contributed by atoms with Crippen molar-refractivity contribution < 1.29 is 5.11 Å². The van der Waals surface area contributed by atoms with Gasteiger partial charge in [-0.2, -0.15) is 0 Å². The summed E-state index contributed by atoms with van der Waals surface area (Å²) < 4.78 is 0. The van der Waals surface area contributed by atoms with Crippen LogP contribution in [-0.4, -0.2) is 33.1 Å². The van der Waals surface area contributed by atoms with Gasteiger partial charge in [0.1, 0.15) is 0 Å². The van der Waals surface area contributed by atoms with E-state index in [9.17, 15) is 5.11 Å². The lowest BCUT2D eigenvalue weighted by molar-refractivity contribution is 0.0980. The van der Waals surface area contributed by atoms with E-state index in [4.69, 9.17) is 5.73 Å². The molecule has 0 bridgehead atoms. The first-order valence-electron chi connectivity index (χ1n) is 10.3. The molecule has 3 heterocycles. The van der Waals surface area contributed by atoms with Crippen molar-refractivity contribution in [1.82, 2.24) is 14.9 Å². The smallest absolute Gasteiger partial charge is 0.0833 e. The molecule has 0 spiro atoms. The molecule has 150 valence electrons. The van der Waals surface area contributed by atoms with Crippen LogP contribution in [0.1, 0.15) is 36.5 Å². The summed E-state index contributed by atoms with van der Waals surface area (Å²) in [7, 11) is 0. The molecular formula is C24H28N4O. The maximum atomic E-state index is 10.8. The number of anilines is 1. The number of pyridine rings is 2. The Morgan fingerprint density at radius 2 is 2.00 bits per heavy atom. The van der Waals surface area contributed by atoms with E-state index in [1.165, 1.54) is 5.56 Å². The first-order valence-corrected chi connectivity index (χ1v) is 10.3. The molecule has 1 aliphatic rings. The first-order chi connectivity index (χ1) is 14.2. The van der Waals surface area contributed by atoms with Crippen LogP contribution in [0, 0.1) is 5.92 Å². The molecule has 4 rings (SSSR count). The van der Waals surface area contributed by atoms with Crippen LogP contribution in [0.4, 0.5) is 5.69 Å². The fourth-order valence-corrected chi connectivity index (χ4v) is 4.18. The number of hydrogen-bond donors (Lipinski definition) is 2. The lowest BCUT2D eigenvalue weighted by Crippen LogP contribution is -2.24. The number of nitrogens with two attached hydrogens (primary N) is 1. The van der Waals surface area contributed by atoms with Crippen LogP contribution in [0.5, 0.6) is 0 Å². The van der Waals surface area contributed by atoms with E-state index in [-0.39, 0.29) is 5.92 Å². The zero-order valence-electron chi connectivity index (χ0n) is 16.6. The number of aromatic nitrogens is 2. The minimum atomic E-state index is -0.434. The number of rotatable bonds is 5. The van der Waals surface area contributed by atoms with Gasteiger partial charge in [0.2, 0.25) is 0 Å². The van der Waals surface area contributed by atoms with E-state index in [0.29, 0.717) is 0 Å². The minimum absolute atomic E-state index is 0.277. The van der Waals surface area contributed by atoms with Gasteiger partial charge < -0.3 is 10.8 Å². The molecule has 5 nitrogen and oxygen atoms in total. The summed E-state index contributed by atoms with van der Waals surface area (Å²) in [6.45, 7) is 2.90. The van der Waals surface area contributed by atoms with Gasteiger partial charge in [0, 0.05) is 36.4 Å². The number of hydrogen-bond acceptors (Lipinski definition) is 5. The van der Waals surface area contributed by atoms with Crippen molar-refractivity contribution in [1.29, 1.82) is 0 Å². The maximum absolute atomic E-state index is 10.8. The van der Waals surface area contributed by atoms with Gasteiger partial charge in [-0.3, -0.25) is 14.9 Å². The topological polar surface area (TPSA) is 75.3 Å². The van der Waals surface area contributed by atoms with Crippen LogP contribution in [0.3, 0.4) is 0 Å². The Balaban J connectivity index is 1.42. The second-order valence-electron chi connectivity index (χ2n) is 7.83. The summed E-state index contributed by atoms with van der Waals surface area (Å²) >= 11 is 0. The number of nitrogen functional groups attached to an aromatic ring is 1. The van der Waals surface area contributed by atoms with Crippen LogP contribution < -0.4 is 5.73 Å². The highest BCUT2D eigenvalue weighted by molar-refractivity contribution is 5.74. The van der Waals surface area contributed by atoms with E-state index in [1.807, 2.05) is 36.4 Å². The normalized spacial score (nSPS) is 18.9. The SMILES string of the molecule is Nc1ccc(CN2CCCC(C(O)c3cccnc3)CC2)cc1-c1ccccn1. The molecule has 29 heavy (non-hydrogen) atoms. The molecule has 3 N–H and O–H groups in total. The first kappa shape index (κ1) is 19.6. The Morgan fingerprint density at radius 3 is 2.79 bits per heavy atom. The summed E-state index contributed by atoms with van der Waals surface area (Å²) in [5, 5.41) is 10.8. The fourth-order valence-electron chi connectivity index (χ4n) is 4.18. The third-order valence-corrected chi connectivity index (χ3v) is 5.80. The monoisotopic (exact) mass is 388 g/mol. The summed E-state index contributed by atoms with van der Waals surface area (Å²) in [5.74, 6) is 0.277. The van der Waals surface area contributed by atoms with E-state index in [1.54, 1.807) is 18.6 Å². The molecule has 1 aliphatic heterocycles. The molecular weight excluding hydrogens is 360 g/mol. The summed E-state index contributed by atoms with van der Waals surface area (Å²) in [6.07, 6.45) is 7.99. The van der Waals surface area contributed by atoms with Crippen LogP contribution in [-0.2, 0) is 6.54 Å². The van der Waals surface area contributed by atoms with E-state index < -0.39 is 6.10 Å². The van der Waals surface area contributed by atoms with Crippen LogP contribution in [0.15, 0.2) is 67.1 Å². The van der Waals surface area contributed by atoms with Gasteiger partial charge in [-0.05, 0) is 79.7 Å². The van der Waals surface area contributed by atoms with Gasteiger partial charge in [0.05, 0.1) is 11.8 Å². The second-order valence-corrected chi connectivity index (χ2v) is 7.83. The Kier molecular flexibility index (Phi) is 6.17. The highest BCUT2D eigenvalue weighted by atomic mass is 16.3. The number of aliphatic hydroxyl groups is 1. The van der Waals surface area contributed by atoms with Crippen molar-refractivity contribution in [3.63, 3.8) is 0 Å². The Morgan fingerprint density at radius 1 is 1.07 bits per heavy atom. The van der Waals surface area contributed by atoms with E-state index >= 15 is 0 Å². The lowest BCUT2D eigenvalue weighted by Gasteiger charge is -2.23. The summed E-state index contributed by atoms with van der Waals surface area (Å²) in [5.41, 5.74) is 11.0. The van der Waals surface area contributed by atoms with Crippen molar-refractivity contribution >= 4 is 5.69 Å². The van der Waals surface area contributed by atoms with Gasteiger partial charge in [0.15, 0.2) is 0 Å².